The van der Waals surface area contributed by atoms with Crippen molar-refractivity contribution in [2.24, 2.45) is 0 Å². The molecule has 0 fully saturated rings. The minimum Gasteiger partial charge on any atom is -0.508 e. The highest BCUT2D eigenvalue weighted by atomic mass is 16.6. The molecule has 0 aliphatic carbocycles. The predicted octanol–water partition coefficient (Wildman–Crippen LogP) is 3.54. The second kappa shape index (κ2) is 11.3. The van der Waals surface area contributed by atoms with Gasteiger partial charge in [-0.3, -0.25) is 0 Å². The lowest BCUT2D eigenvalue weighted by molar-refractivity contribution is 0.198. The number of nitrogens with one attached hydrogen (secondary N) is 2. The predicted molar refractivity (Wildman–Crippen MR) is 103 cm³/mol. The Bertz CT molecular complexity index is 681. The topological polar surface area (TPSA) is 117 Å². The number of rotatable bonds is 9. The maximum atomic E-state index is 11.6. The molecule has 0 radical (unpaired) electrons. The normalized spacial score (nSPS) is 10.1. The maximum absolute atomic E-state index is 11.6. The van der Waals surface area contributed by atoms with Crippen molar-refractivity contribution < 1.29 is 29.3 Å². The first-order valence-corrected chi connectivity index (χ1v) is 9.02. The summed E-state index contributed by atoms with van der Waals surface area (Å²) in [5.74, 6) is 0.938. The van der Waals surface area contributed by atoms with Gasteiger partial charge in [0.05, 0.1) is 0 Å². The van der Waals surface area contributed by atoms with E-state index < -0.39 is 12.2 Å². The van der Waals surface area contributed by atoms with Gasteiger partial charge in [0, 0.05) is 13.1 Å². The second-order valence-corrected chi connectivity index (χ2v) is 6.03. The van der Waals surface area contributed by atoms with Crippen LogP contribution in [0.5, 0.6) is 23.0 Å². The fourth-order valence-corrected chi connectivity index (χ4v) is 2.30. The van der Waals surface area contributed by atoms with Gasteiger partial charge in [-0.2, -0.15) is 0 Å². The lowest BCUT2D eigenvalue weighted by Gasteiger charge is -2.08. The number of hydrogen-bond donors (Lipinski definition) is 4. The molecule has 0 heterocycles. The Balaban J connectivity index is 1.45. The van der Waals surface area contributed by atoms with E-state index in [1.54, 1.807) is 0 Å². The van der Waals surface area contributed by atoms with Crippen LogP contribution in [0, 0.1) is 0 Å². The van der Waals surface area contributed by atoms with Crippen molar-refractivity contribution in [3.8, 4) is 23.0 Å². The van der Waals surface area contributed by atoms with Gasteiger partial charge >= 0.3 is 12.2 Å². The van der Waals surface area contributed by atoms with Crippen LogP contribution in [-0.2, 0) is 0 Å². The number of ether oxygens (including phenoxy) is 2. The summed E-state index contributed by atoms with van der Waals surface area (Å²) >= 11 is 0. The van der Waals surface area contributed by atoms with Crippen LogP contribution in [0.15, 0.2) is 48.5 Å². The molecular weight excluding hydrogens is 364 g/mol. The van der Waals surface area contributed by atoms with Crippen LogP contribution in [-0.4, -0.2) is 35.5 Å². The molecule has 2 aromatic carbocycles. The van der Waals surface area contributed by atoms with Gasteiger partial charge in [0.15, 0.2) is 0 Å². The molecule has 2 aromatic rings. The van der Waals surface area contributed by atoms with Crippen LogP contribution >= 0.6 is 0 Å². The Morgan fingerprint density at radius 1 is 0.643 bits per heavy atom. The number of carbonyl (C=O) groups excluding carboxylic acids is 2. The molecule has 28 heavy (non-hydrogen) atoms. The van der Waals surface area contributed by atoms with Crippen LogP contribution in [0.2, 0.25) is 0 Å². The summed E-state index contributed by atoms with van der Waals surface area (Å²) in [4.78, 5) is 23.2. The quantitative estimate of drug-likeness (QED) is 0.488. The first-order valence-electron chi connectivity index (χ1n) is 9.02. The number of phenols is 2. The van der Waals surface area contributed by atoms with Crippen LogP contribution in [0.3, 0.4) is 0 Å². The van der Waals surface area contributed by atoms with Gasteiger partial charge in [0.2, 0.25) is 0 Å². The largest absolute Gasteiger partial charge is 0.508 e. The smallest absolute Gasteiger partial charge is 0.412 e. The van der Waals surface area contributed by atoms with Gasteiger partial charge in [-0.1, -0.05) is 12.8 Å². The molecular formula is C20H24N2O6. The summed E-state index contributed by atoms with van der Waals surface area (Å²) in [6, 6.07) is 11.8. The molecule has 4 N–H and O–H groups in total. The number of phenolic OH excluding ortho intramolecular Hbond substituents is 2. The average Bonchev–Trinajstić information content (AvgIpc) is 2.67. The highest BCUT2D eigenvalue weighted by Crippen LogP contribution is 2.16. The van der Waals surface area contributed by atoms with E-state index in [1.807, 2.05) is 0 Å². The van der Waals surface area contributed by atoms with Crippen molar-refractivity contribution in [2.45, 2.75) is 25.7 Å². The zero-order valence-electron chi connectivity index (χ0n) is 15.4. The number of benzene rings is 2. The summed E-state index contributed by atoms with van der Waals surface area (Å²) in [5, 5.41) is 23.6. The van der Waals surface area contributed by atoms with Gasteiger partial charge in [0.1, 0.15) is 23.0 Å². The van der Waals surface area contributed by atoms with Crippen molar-refractivity contribution in [3.05, 3.63) is 48.5 Å². The van der Waals surface area contributed by atoms with Crippen molar-refractivity contribution >= 4 is 12.2 Å². The van der Waals surface area contributed by atoms with E-state index >= 15 is 0 Å². The average molecular weight is 388 g/mol. The minimum absolute atomic E-state index is 0.107. The van der Waals surface area contributed by atoms with Crippen molar-refractivity contribution in [2.75, 3.05) is 13.1 Å². The van der Waals surface area contributed by atoms with E-state index in [9.17, 15) is 9.59 Å². The molecule has 8 heteroatoms. The summed E-state index contributed by atoms with van der Waals surface area (Å²) in [7, 11) is 0. The van der Waals surface area contributed by atoms with E-state index in [4.69, 9.17) is 19.7 Å². The zero-order valence-corrected chi connectivity index (χ0v) is 15.4. The van der Waals surface area contributed by atoms with Crippen LogP contribution in [0.25, 0.3) is 0 Å². The summed E-state index contributed by atoms with van der Waals surface area (Å²) < 4.78 is 10.1. The molecule has 0 atom stereocenters. The maximum Gasteiger partial charge on any atom is 0.412 e. The Kier molecular flexibility index (Phi) is 8.45. The molecule has 8 nitrogen and oxygen atoms in total. The lowest BCUT2D eigenvalue weighted by atomic mass is 10.2. The van der Waals surface area contributed by atoms with Crippen molar-refractivity contribution in [1.82, 2.24) is 10.6 Å². The summed E-state index contributed by atoms with van der Waals surface area (Å²) in [6.45, 7) is 0.987. The Hall–Kier alpha value is -3.42. The second-order valence-electron chi connectivity index (χ2n) is 6.03. The first-order chi connectivity index (χ1) is 13.5. The van der Waals surface area contributed by atoms with E-state index in [0.717, 1.165) is 25.7 Å². The Morgan fingerprint density at radius 2 is 1.00 bits per heavy atom. The lowest BCUT2D eigenvalue weighted by Crippen LogP contribution is -2.28. The standard InChI is InChI=1S/C20H24N2O6/c23-15-5-9-17(10-6-15)27-19(25)21-13-3-1-2-4-14-22-20(26)28-18-11-7-16(24)8-12-18/h5-12,23-24H,1-4,13-14H2,(H,21,25)(H,22,26). The first kappa shape index (κ1) is 20.9. The van der Waals surface area contributed by atoms with E-state index in [0.29, 0.717) is 24.6 Å². The highest BCUT2D eigenvalue weighted by Gasteiger charge is 2.05. The molecule has 150 valence electrons. The summed E-state index contributed by atoms with van der Waals surface area (Å²) in [6.07, 6.45) is 2.31. The molecule has 2 amide bonds. The number of amides is 2. The zero-order chi connectivity index (χ0) is 20.2. The third kappa shape index (κ3) is 8.31. The van der Waals surface area contributed by atoms with Crippen LogP contribution < -0.4 is 20.1 Å². The molecule has 0 aliphatic rings. The van der Waals surface area contributed by atoms with Gasteiger partial charge in [-0.05, 0) is 61.4 Å². The van der Waals surface area contributed by atoms with E-state index in [2.05, 4.69) is 10.6 Å². The number of hydrogen-bond acceptors (Lipinski definition) is 6. The molecule has 0 bridgehead atoms. The van der Waals surface area contributed by atoms with E-state index in [1.165, 1.54) is 48.5 Å². The minimum atomic E-state index is -0.538. The molecule has 0 aromatic heterocycles. The van der Waals surface area contributed by atoms with Crippen LogP contribution in [0.1, 0.15) is 25.7 Å². The van der Waals surface area contributed by atoms with Crippen LogP contribution in [0.4, 0.5) is 9.59 Å². The van der Waals surface area contributed by atoms with Crippen molar-refractivity contribution in [3.63, 3.8) is 0 Å². The fraction of sp³-hybridized carbons (Fsp3) is 0.300. The van der Waals surface area contributed by atoms with E-state index in [-0.39, 0.29) is 11.5 Å². The Labute approximate surface area is 163 Å². The van der Waals surface area contributed by atoms with Crippen molar-refractivity contribution in [1.29, 1.82) is 0 Å². The number of aromatic hydroxyl groups is 2. The third-order valence-electron chi connectivity index (χ3n) is 3.74. The van der Waals surface area contributed by atoms with Gasteiger partial charge in [-0.25, -0.2) is 9.59 Å². The SMILES string of the molecule is O=C(NCCCCCCNC(=O)Oc1ccc(O)cc1)Oc1ccc(O)cc1. The molecule has 0 unspecified atom stereocenters. The summed E-state index contributed by atoms with van der Waals surface area (Å²) in [5.41, 5.74) is 0. The third-order valence-corrected chi connectivity index (χ3v) is 3.74. The molecule has 0 saturated heterocycles. The van der Waals surface area contributed by atoms with Gasteiger partial charge in [0.25, 0.3) is 0 Å². The molecule has 0 aliphatic heterocycles. The number of carbonyl (C=O) groups is 2. The fourth-order valence-electron chi connectivity index (χ4n) is 2.30. The highest BCUT2D eigenvalue weighted by molar-refractivity contribution is 5.70. The van der Waals surface area contributed by atoms with Gasteiger partial charge in [-0.15, -0.1) is 0 Å². The molecule has 0 spiro atoms. The molecule has 2 rings (SSSR count). The molecule has 0 saturated carbocycles. The number of unbranched alkanes of at least 4 members (excludes halogenated alkanes) is 3. The monoisotopic (exact) mass is 388 g/mol. The Morgan fingerprint density at radius 3 is 1.36 bits per heavy atom. The van der Waals surface area contributed by atoms with Gasteiger partial charge < -0.3 is 30.3 Å².